The van der Waals surface area contributed by atoms with E-state index in [2.05, 4.69) is 19.0 Å². The fourth-order valence-electron chi connectivity index (χ4n) is 3.25. The lowest BCUT2D eigenvalue weighted by molar-refractivity contribution is 0.390. The maximum atomic E-state index is 5.41. The van der Waals surface area contributed by atoms with E-state index < -0.39 is 0 Å². The Kier molecular flexibility index (Phi) is 11.7. The predicted octanol–water partition coefficient (Wildman–Crippen LogP) is 6.88. The molecule has 0 amide bonds. The van der Waals surface area contributed by atoms with Crippen LogP contribution in [0.25, 0.3) is 0 Å². The van der Waals surface area contributed by atoms with Crippen molar-refractivity contribution < 1.29 is 9.26 Å². The van der Waals surface area contributed by atoms with Crippen molar-refractivity contribution >= 4 is 0 Å². The molecule has 0 aliphatic heterocycles. The van der Waals surface area contributed by atoms with Crippen LogP contribution in [0.5, 0.6) is 5.75 Å². The molecule has 0 aliphatic rings. The molecule has 1 heterocycles. The van der Waals surface area contributed by atoms with Crippen molar-refractivity contribution in [1.82, 2.24) is 5.16 Å². The number of hydrogen-bond donors (Lipinski definition) is 0. The summed E-state index contributed by atoms with van der Waals surface area (Å²) in [7, 11) is 1.71. The van der Waals surface area contributed by atoms with E-state index in [1.54, 1.807) is 13.4 Å². The molecule has 0 spiro atoms. The zero-order valence-corrected chi connectivity index (χ0v) is 15.6. The summed E-state index contributed by atoms with van der Waals surface area (Å²) in [6.45, 7) is 4.53. The van der Waals surface area contributed by atoms with Gasteiger partial charge in [0.1, 0.15) is 5.69 Å². The summed E-state index contributed by atoms with van der Waals surface area (Å²) in [4.78, 5) is 0. The lowest BCUT2D eigenvalue weighted by Gasteiger charge is -2.15. The standard InChI is InChI=1S/C20H37NO2/c1-4-6-8-10-12-14-16-18(15-13-11-9-7-5-2)20-19(22-3)17-23-21-20/h17-18H,4-16H2,1-3H3. The van der Waals surface area contributed by atoms with Gasteiger partial charge in [0, 0.05) is 5.92 Å². The molecule has 134 valence electrons. The van der Waals surface area contributed by atoms with Crippen molar-refractivity contribution in [3.05, 3.63) is 12.0 Å². The highest BCUT2D eigenvalue weighted by atomic mass is 16.5. The molecule has 0 aromatic carbocycles. The number of nitrogens with zero attached hydrogens (tertiary/aromatic N) is 1. The Bertz CT molecular complexity index is 375. The van der Waals surface area contributed by atoms with Crippen LogP contribution in [-0.2, 0) is 0 Å². The maximum Gasteiger partial charge on any atom is 0.181 e. The molecule has 1 unspecified atom stereocenters. The Morgan fingerprint density at radius 2 is 1.39 bits per heavy atom. The first-order chi connectivity index (χ1) is 11.3. The minimum absolute atomic E-state index is 0.497. The molecule has 0 radical (unpaired) electrons. The first-order valence-electron chi connectivity index (χ1n) is 9.81. The minimum Gasteiger partial charge on any atom is -0.491 e. The van der Waals surface area contributed by atoms with Crippen LogP contribution < -0.4 is 4.74 Å². The SMILES string of the molecule is CCCCCCCCC(CCCCCCC)c1nocc1OC. The van der Waals surface area contributed by atoms with Crippen LogP contribution in [0.4, 0.5) is 0 Å². The van der Waals surface area contributed by atoms with Gasteiger partial charge in [-0.25, -0.2) is 0 Å². The third-order valence-corrected chi connectivity index (χ3v) is 4.73. The van der Waals surface area contributed by atoms with Gasteiger partial charge in [0.2, 0.25) is 0 Å². The maximum absolute atomic E-state index is 5.41. The van der Waals surface area contributed by atoms with Gasteiger partial charge in [-0.05, 0) is 12.8 Å². The monoisotopic (exact) mass is 323 g/mol. The van der Waals surface area contributed by atoms with Crippen LogP contribution in [0.1, 0.15) is 109 Å². The lowest BCUT2D eigenvalue weighted by Crippen LogP contribution is -2.02. The second-order valence-corrected chi connectivity index (χ2v) is 6.72. The van der Waals surface area contributed by atoms with Crippen LogP contribution in [0.3, 0.4) is 0 Å². The molecule has 0 aliphatic carbocycles. The Morgan fingerprint density at radius 3 is 1.91 bits per heavy atom. The van der Waals surface area contributed by atoms with Crippen LogP contribution in [0.15, 0.2) is 10.8 Å². The molecule has 0 bridgehead atoms. The third-order valence-electron chi connectivity index (χ3n) is 4.73. The minimum atomic E-state index is 0.497. The Balaban J connectivity index is 2.39. The van der Waals surface area contributed by atoms with Crippen molar-refractivity contribution in [2.45, 2.75) is 103 Å². The fraction of sp³-hybridized carbons (Fsp3) is 0.850. The van der Waals surface area contributed by atoms with E-state index in [-0.39, 0.29) is 0 Å². The highest BCUT2D eigenvalue weighted by molar-refractivity contribution is 5.25. The largest absolute Gasteiger partial charge is 0.491 e. The first-order valence-corrected chi connectivity index (χ1v) is 9.81. The van der Waals surface area contributed by atoms with Gasteiger partial charge in [-0.2, -0.15) is 0 Å². The molecule has 3 heteroatoms. The molecule has 0 saturated carbocycles. The summed E-state index contributed by atoms with van der Waals surface area (Å²) in [5.41, 5.74) is 1.04. The summed E-state index contributed by atoms with van der Waals surface area (Å²) in [6, 6.07) is 0. The van der Waals surface area contributed by atoms with Gasteiger partial charge < -0.3 is 9.26 Å². The van der Waals surface area contributed by atoms with E-state index >= 15 is 0 Å². The third kappa shape index (κ3) is 8.43. The number of methoxy groups -OCH3 is 1. The fourth-order valence-corrected chi connectivity index (χ4v) is 3.25. The number of unbranched alkanes of at least 4 members (excludes halogenated alkanes) is 9. The topological polar surface area (TPSA) is 35.3 Å². The van der Waals surface area contributed by atoms with Crippen molar-refractivity contribution in [3.63, 3.8) is 0 Å². The van der Waals surface area contributed by atoms with Gasteiger partial charge in [0.15, 0.2) is 12.0 Å². The second kappa shape index (κ2) is 13.4. The summed E-state index contributed by atoms with van der Waals surface area (Å²) in [5, 5.41) is 4.23. The molecule has 0 fully saturated rings. The van der Waals surface area contributed by atoms with Crippen LogP contribution in [-0.4, -0.2) is 12.3 Å². The van der Waals surface area contributed by atoms with E-state index in [1.807, 2.05) is 0 Å². The van der Waals surface area contributed by atoms with Gasteiger partial charge in [0.25, 0.3) is 0 Å². The molecular formula is C20H37NO2. The van der Waals surface area contributed by atoms with Gasteiger partial charge in [-0.15, -0.1) is 0 Å². The molecule has 3 nitrogen and oxygen atoms in total. The molecular weight excluding hydrogens is 286 g/mol. The normalized spacial score (nSPS) is 12.5. The highest BCUT2D eigenvalue weighted by Crippen LogP contribution is 2.33. The summed E-state index contributed by atoms with van der Waals surface area (Å²) in [5.74, 6) is 1.33. The zero-order chi connectivity index (χ0) is 16.8. The zero-order valence-electron chi connectivity index (χ0n) is 15.6. The van der Waals surface area contributed by atoms with E-state index in [9.17, 15) is 0 Å². The van der Waals surface area contributed by atoms with Crippen LogP contribution >= 0.6 is 0 Å². The Hall–Kier alpha value is -0.990. The Labute approximate surface area is 143 Å². The van der Waals surface area contributed by atoms with Crippen molar-refractivity contribution in [3.8, 4) is 5.75 Å². The second-order valence-electron chi connectivity index (χ2n) is 6.72. The number of rotatable bonds is 15. The van der Waals surface area contributed by atoms with Gasteiger partial charge in [0.05, 0.1) is 7.11 Å². The molecule has 0 saturated heterocycles. The average Bonchev–Trinajstić information content (AvgIpc) is 3.04. The van der Waals surface area contributed by atoms with Crippen molar-refractivity contribution in [2.75, 3.05) is 7.11 Å². The average molecular weight is 324 g/mol. The van der Waals surface area contributed by atoms with Gasteiger partial charge in [-0.3, -0.25) is 0 Å². The molecule has 1 atom stereocenters. The summed E-state index contributed by atoms with van der Waals surface area (Å²) >= 11 is 0. The number of ether oxygens (including phenoxy) is 1. The number of hydrogen-bond acceptors (Lipinski definition) is 3. The van der Waals surface area contributed by atoms with E-state index in [0.29, 0.717) is 5.92 Å². The van der Waals surface area contributed by atoms with Gasteiger partial charge >= 0.3 is 0 Å². The number of aromatic nitrogens is 1. The quantitative estimate of drug-likeness (QED) is 0.330. The van der Waals surface area contributed by atoms with E-state index in [4.69, 9.17) is 9.26 Å². The van der Waals surface area contributed by atoms with Gasteiger partial charge in [-0.1, -0.05) is 89.6 Å². The van der Waals surface area contributed by atoms with E-state index in [1.165, 1.54) is 83.5 Å². The van der Waals surface area contributed by atoms with Crippen LogP contribution in [0, 0.1) is 0 Å². The summed E-state index contributed by atoms with van der Waals surface area (Å²) < 4.78 is 10.6. The van der Waals surface area contributed by atoms with Crippen LogP contribution in [0.2, 0.25) is 0 Å². The molecule has 1 rings (SSSR count). The Morgan fingerprint density at radius 1 is 0.870 bits per heavy atom. The lowest BCUT2D eigenvalue weighted by atomic mass is 9.91. The molecule has 1 aromatic rings. The molecule has 0 N–H and O–H groups in total. The first kappa shape index (κ1) is 20.1. The van der Waals surface area contributed by atoms with E-state index in [0.717, 1.165) is 11.4 Å². The van der Waals surface area contributed by atoms with Crippen molar-refractivity contribution in [2.24, 2.45) is 0 Å². The highest BCUT2D eigenvalue weighted by Gasteiger charge is 2.19. The van der Waals surface area contributed by atoms with Crippen molar-refractivity contribution in [1.29, 1.82) is 0 Å². The predicted molar refractivity (Wildman–Crippen MR) is 97.2 cm³/mol. The molecule has 1 aromatic heterocycles. The smallest absolute Gasteiger partial charge is 0.181 e. The molecule has 23 heavy (non-hydrogen) atoms. The summed E-state index contributed by atoms with van der Waals surface area (Å²) in [6.07, 6.45) is 18.8.